The average Bonchev–Trinajstić information content (AvgIpc) is 1.68. The van der Waals surface area contributed by atoms with E-state index in [-0.39, 0.29) is 78.8 Å². The first-order chi connectivity index (χ1) is 41.8. The van der Waals surface area contributed by atoms with Crippen LogP contribution in [0.4, 0.5) is 41.6 Å². The lowest BCUT2D eigenvalue weighted by molar-refractivity contribution is -0.137. The molecule has 2 heterocycles. The molecule has 15 heteroatoms. The SMILES string of the molecule is [C-]#[N+]c1ccc(-c2ccc3c(c2)c2cc(-c4ccc([N+]#[C-])cc4[N+]#[C-])ccc2n3-c2cc(C#N)c(-n3c4ccc(-c5ccc(C#N)cc5C#N)cc4c4cc(-c5ccc(C#N)cc5C#N)ccc43)cc2-c2ccc([N+]#[C-])cc2C(F)(F)F)c([N+]#[C-])c1. The Balaban J connectivity index is 1.20. The van der Waals surface area contributed by atoms with Gasteiger partial charge in [-0.1, -0.05) is 84.9 Å². The maximum atomic E-state index is 15.8. The molecule has 0 aliphatic carbocycles. The van der Waals surface area contributed by atoms with Crippen molar-refractivity contribution in [3.05, 3.63) is 266 Å². The van der Waals surface area contributed by atoms with E-state index in [4.69, 9.17) is 32.9 Å². The van der Waals surface area contributed by atoms with E-state index in [2.05, 4.69) is 54.6 Å². The lowest BCUT2D eigenvalue weighted by atomic mass is 9.94. The Kier molecular flexibility index (Phi) is 12.9. The zero-order valence-electron chi connectivity index (χ0n) is 44.2. The largest absolute Gasteiger partial charge is 0.415 e. The second kappa shape index (κ2) is 20.9. The summed E-state index contributed by atoms with van der Waals surface area (Å²) in [6, 6.07) is 57.8. The number of alkyl halides is 3. The van der Waals surface area contributed by atoms with Crippen LogP contribution in [0.1, 0.15) is 33.4 Å². The van der Waals surface area contributed by atoms with Crippen LogP contribution in [-0.2, 0) is 6.18 Å². The van der Waals surface area contributed by atoms with Crippen LogP contribution in [0.25, 0.3) is 135 Å². The van der Waals surface area contributed by atoms with Gasteiger partial charge in [0, 0.05) is 27.1 Å². The Bertz CT molecular complexity index is 5230. The van der Waals surface area contributed by atoms with Gasteiger partial charge in [0.2, 0.25) is 0 Å². The summed E-state index contributed by atoms with van der Waals surface area (Å²) in [6.45, 7) is 39.1. The number of nitrogens with zero attached hydrogens (tertiary/aromatic N) is 12. The molecule has 0 unspecified atom stereocenters. The number of hydrogen-bond donors (Lipinski definition) is 0. The molecule has 12 rings (SSSR count). The summed E-state index contributed by atoms with van der Waals surface area (Å²) in [5.41, 5.74) is 6.86. The molecule has 0 radical (unpaired) electrons. The van der Waals surface area contributed by atoms with Crippen LogP contribution in [0.3, 0.4) is 0 Å². The van der Waals surface area contributed by atoms with Crippen molar-refractivity contribution in [2.45, 2.75) is 6.18 Å². The van der Waals surface area contributed by atoms with Gasteiger partial charge in [0.05, 0.1) is 124 Å². The molecule has 0 atom stereocenters. The Labute approximate surface area is 488 Å². The standard InChI is InChI=1S/C71H29F3N12/c1-80-49-14-19-56(62(31-49)71(72,73)74)61-34-69(85-65-20-8-42(52-15-6-40(35-75)24-46(52)37-77)26-57(65)58-27-43(9-21-66(58)85)53-16-7-41(36-76)25-47(53)38-78)48(39-79)30-70(61)86-67-22-10-44(54-17-12-50(81-2)32-63(54)83-4)28-59(67)60-29-45(11-23-68(60)86)55-18-13-51(82-3)33-64(55)84-5/h6-34H. The number of aromatic nitrogens is 2. The quantitative estimate of drug-likeness (QED) is 0.146. The molecule has 0 saturated heterocycles. The van der Waals surface area contributed by atoms with Crippen molar-refractivity contribution in [2.24, 2.45) is 0 Å². The topological polar surface area (TPSA) is 151 Å². The normalized spacial score (nSPS) is 10.8. The molecule has 10 aromatic carbocycles. The molecular weight excluding hydrogens is 1080 g/mol. The third kappa shape index (κ3) is 8.73. The van der Waals surface area contributed by atoms with Gasteiger partial charge in [0.25, 0.3) is 0 Å². The zero-order valence-corrected chi connectivity index (χ0v) is 44.2. The van der Waals surface area contributed by atoms with Gasteiger partial charge in [-0.2, -0.15) is 39.5 Å². The van der Waals surface area contributed by atoms with Crippen molar-refractivity contribution in [1.29, 1.82) is 26.3 Å². The van der Waals surface area contributed by atoms with Crippen LogP contribution in [0.5, 0.6) is 0 Å². The lowest BCUT2D eigenvalue weighted by Crippen LogP contribution is -2.09. The summed E-state index contributed by atoms with van der Waals surface area (Å²) < 4.78 is 51.0. The highest BCUT2D eigenvalue weighted by molar-refractivity contribution is 6.14. The van der Waals surface area contributed by atoms with Crippen LogP contribution in [-0.4, -0.2) is 9.13 Å². The third-order valence-electron chi connectivity index (χ3n) is 15.2. The molecule has 86 heavy (non-hydrogen) atoms. The maximum absolute atomic E-state index is 15.8. The minimum Gasteiger partial charge on any atom is -0.309 e. The number of rotatable bonds is 7. The van der Waals surface area contributed by atoms with Crippen molar-refractivity contribution in [1.82, 2.24) is 9.13 Å². The van der Waals surface area contributed by atoms with E-state index in [9.17, 15) is 26.3 Å². The van der Waals surface area contributed by atoms with Crippen molar-refractivity contribution in [3.8, 4) is 97.4 Å². The monoisotopic (exact) mass is 1110 g/mol. The predicted octanol–water partition coefficient (Wildman–Crippen LogP) is 19.3. The molecule has 0 saturated carbocycles. The molecule has 0 amide bonds. The molecular formula is C71H29F3N12. The molecule has 2 aromatic heterocycles. The van der Waals surface area contributed by atoms with Crippen LogP contribution in [0.2, 0.25) is 0 Å². The van der Waals surface area contributed by atoms with Crippen molar-refractivity contribution >= 4 is 72.0 Å². The Morgan fingerprint density at radius 3 is 1.07 bits per heavy atom. The smallest absolute Gasteiger partial charge is 0.309 e. The zero-order chi connectivity index (χ0) is 60.1. The summed E-state index contributed by atoms with van der Waals surface area (Å²) in [5.74, 6) is 0. The average molecular weight is 1110 g/mol. The Morgan fingerprint density at radius 2 is 0.698 bits per heavy atom. The molecule has 0 aliphatic heterocycles. The van der Waals surface area contributed by atoms with Crippen molar-refractivity contribution in [3.63, 3.8) is 0 Å². The molecule has 12 nitrogen and oxygen atoms in total. The fourth-order valence-electron chi connectivity index (χ4n) is 11.3. The van der Waals surface area contributed by atoms with E-state index in [1.54, 1.807) is 106 Å². The van der Waals surface area contributed by atoms with E-state index < -0.39 is 11.7 Å². The van der Waals surface area contributed by atoms with Crippen LogP contribution >= 0.6 is 0 Å². The van der Waals surface area contributed by atoms with E-state index in [0.29, 0.717) is 88.1 Å². The van der Waals surface area contributed by atoms with E-state index in [0.717, 1.165) is 6.07 Å². The first-order valence-corrected chi connectivity index (χ1v) is 25.8. The van der Waals surface area contributed by atoms with Gasteiger partial charge < -0.3 is 9.13 Å². The van der Waals surface area contributed by atoms with Gasteiger partial charge in [0.1, 0.15) is 6.07 Å². The fraction of sp³-hybridized carbons (Fsp3) is 0.0141. The number of benzene rings is 10. The number of nitriles is 5. The number of hydrogen-bond acceptors (Lipinski definition) is 5. The predicted molar refractivity (Wildman–Crippen MR) is 322 cm³/mol. The second-order valence-corrected chi connectivity index (χ2v) is 19.8. The Morgan fingerprint density at radius 1 is 0.326 bits per heavy atom. The first-order valence-electron chi connectivity index (χ1n) is 25.8. The van der Waals surface area contributed by atoms with Gasteiger partial charge in [-0.15, -0.1) is 0 Å². The summed E-state index contributed by atoms with van der Waals surface area (Å²) in [7, 11) is 0. The highest BCUT2D eigenvalue weighted by atomic mass is 19.4. The fourth-order valence-corrected chi connectivity index (χ4v) is 11.3. The molecule has 0 bridgehead atoms. The van der Waals surface area contributed by atoms with Gasteiger partial charge in [-0.25, -0.2) is 24.2 Å². The van der Waals surface area contributed by atoms with Crippen LogP contribution < -0.4 is 0 Å². The van der Waals surface area contributed by atoms with Crippen LogP contribution in [0.15, 0.2) is 176 Å². The molecule has 0 spiro atoms. The maximum Gasteiger partial charge on any atom is 0.415 e. The third-order valence-corrected chi connectivity index (χ3v) is 15.2. The van der Waals surface area contributed by atoms with E-state index in [1.807, 2.05) is 24.3 Å². The molecule has 0 aliphatic rings. The first kappa shape index (κ1) is 53.1. The molecule has 0 N–H and O–H groups in total. The van der Waals surface area contributed by atoms with Crippen LogP contribution in [0, 0.1) is 89.5 Å². The lowest BCUT2D eigenvalue weighted by Gasteiger charge is -2.21. The van der Waals surface area contributed by atoms with E-state index in [1.165, 1.54) is 48.5 Å². The van der Waals surface area contributed by atoms with E-state index >= 15 is 13.2 Å². The van der Waals surface area contributed by atoms with Gasteiger partial charge >= 0.3 is 6.18 Å². The number of halogens is 3. The minimum atomic E-state index is -5.01. The summed E-state index contributed by atoms with van der Waals surface area (Å²) in [5, 5.41) is 53.8. The second-order valence-electron chi connectivity index (χ2n) is 19.8. The number of fused-ring (bicyclic) bond motifs is 6. The van der Waals surface area contributed by atoms with Gasteiger partial charge in [-0.3, -0.25) is 0 Å². The summed E-state index contributed by atoms with van der Waals surface area (Å²) in [6.07, 6.45) is -5.01. The minimum absolute atomic E-state index is 0.000545. The van der Waals surface area contributed by atoms with Gasteiger partial charge in [-0.05, 0) is 141 Å². The Hall–Kier alpha value is -13.5. The summed E-state index contributed by atoms with van der Waals surface area (Å²) in [4.78, 5) is 17.9. The highest BCUT2D eigenvalue weighted by Crippen LogP contribution is 2.48. The van der Waals surface area contributed by atoms with Gasteiger partial charge in [0.15, 0.2) is 28.4 Å². The van der Waals surface area contributed by atoms with Crippen molar-refractivity contribution in [2.75, 3.05) is 0 Å². The molecule has 0 fully saturated rings. The van der Waals surface area contributed by atoms with Crippen molar-refractivity contribution < 1.29 is 13.2 Å². The molecule has 394 valence electrons. The summed E-state index contributed by atoms with van der Waals surface area (Å²) >= 11 is 0. The molecule has 12 aromatic rings. The highest BCUT2D eigenvalue weighted by Gasteiger charge is 2.35.